The summed E-state index contributed by atoms with van der Waals surface area (Å²) < 4.78 is 26.8. The Hall–Kier alpha value is -1.51. The molecule has 0 radical (unpaired) electrons. The largest absolute Gasteiger partial charge is 0.386 e. The molecule has 102 valence electrons. The van der Waals surface area contributed by atoms with E-state index in [1.54, 1.807) is 19.2 Å². The molecular formula is C11H14N4O2S2. The van der Waals surface area contributed by atoms with Gasteiger partial charge in [-0.05, 0) is 19.1 Å². The van der Waals surface area contributed by atoms with Crippen LogP contribution in [0.25, 0.3) is 0 Å². The number of nitrogens with zero attached hydrogens (tertiary/aromatic N) is 2. The lowest BCUT2D eigenvalue weighted by Gasteiger charge is -2.08. The molecule has 0 bridgehead atoms. The average Bonchev–Trinajstić information content (AvgIpc) is 2.82. The van der Waals surface area contributed by atoms with E-state index in [0.717, 1.165) is 10.7 Å². The normalized spacial score (nSPS) is 11.5. The van der Waals surface area contributed by atoms with Crippen LogP contribution in [-0.2, 0) is 16.6 Å². The standard InChI is InChI=1S/C11H14N4O2S2/c1-8-7-18-10(15-8)6-14-19(16,17)11-9(12-2)4-3-5-13-11/h3-5,7,12,14H,6H2,1-2H3. The van der Waals surface area contributed by atoms with Gasteiger partial charge in [-0.25, -0.2) is 23.1 Å². The number of aromatic nitrogens is 2. The molecule has 0 spiro atoms. The van der Waals surface area contributed by atoms with Gasteiger partial charge in [0.05, 0.1) is 12.2 Å². The van der Waals surface area contributed by atoms with Crippen molar-refractivity contribution in [1.82, 2.24) is 14.7 Å². The van der Waals surface area contributed by atoms with E-state index >= 15 is 0 Å². The monoisotopic (exact) mass is 298 g/mol. The zero-order valence-electron chi connectivity index (χ0n) is 10.5. The maximum absolute atomic E-state index is 12.2. The summed E-state index contributed by atoms with van der Waals surface area (Å²) in [4.78, 5) is 8.11. The van der Waals surface area contributed by atoms with E-state index in [4.69, 9.17) is 0 Å². The summed E-state index contributed by atoms with van der Waals surface area (Å²) >= 11 is 1.42. The summed E-state index contributed by atoms with van der Waals surface area (Å²) in [6.07, 6.45) is 1.45. The molecule has 0 saturated heterocycles. The SMILES string of the molecule is CNc1cccnc1S(=O)(=O)NCc1nc(C)cs1. The number of hydrogen-bond donors (Lipinski definition) is 2. The van der Waals surface area contributed by atoms with Crippen molar-refractivity contribution >= 4 is 27.0 Å². The van der Waals surface area contributed by atoms with Gasteiger partial charge in [-0.2, -0.15) is 0 Å². The van der Waals surface area contributed by atoms with Crippen molar-refractivity contribution in [2.45, 2.75) is 18.5 Å². The molecule has 2 aromatic rings. The second kappa shape index (κ2) is 5.64. The molecule has 2 rings (SSSR count). The number of rotatable bonds is 5. The molecule has 19 heavy (non-hydrogen) atoms. The highest BCUT2D eigenvalue weighted by molar-refractivity contribution is 7.89. The fourth-order valence-corrected chi connectivity index (χ4v) is 3.43. The predicted octanol–water partition coefficient (Wildman–Crippen LogP) is 1.37. The Morgan fingerprint density at radius 1 is 1.42 bits per heavy atom. The van der Waals surface area contributed by atoms with Crippen LogP contribution in [-0.4, -0.2) is 25.4 Å². The second-order valence-corrected chi connectivity index (χ2v) is 6.44. The van der Waals surface area contributed by atoms with Crippen LogP contribution in [0.5, 0.6) is 0 Å². The van der Waals surface area contributed by atoms with E-state index in [0.29, 0.717) is 5.69 Å². The third kappa shape index (κ3) is 3.28. The third-order valence-corrected chi connectivity index (χ3v) is 4.70. The molecule has 6 nitrogen and oxygen atoms in total. The van der Waals surface area contributed by atoms with Crippen molar-refractivity contribution in [2.75, 3.05) is 12.4 Å². The summed E-state index contributed by atoms with van der Waals surface area (Å²) in [5, 5.41) is 5.40. The maximum Gasteiger partial charge on any atom is 0.260 e. The Labute approximate surface area is 116 Å². The Morgan fingerprint density at radius 2 is 2.21 bits per heavy atom. The summed E-state index contributed by atoms with van der Waals surface area (Å²) in [6, 6.07) is 3.34. The Balaban J connectivity index is 2.18. The molecule has 0 unspecified atom stereocenters. The van der Waals surface area contributed by atoms with Crippen LogP contribution in [0.3, 0.4) is 0 Å². The summed E-state index contributed by atoms with van der Waals surface area (Å²) in [6.45, 7) is 2.03. The molecule has 2 aromatic heterocycles. The zero-order chi connectivity index (χ0) is 13.9. The van der Waals surface area contributed by atoms with Crippen molar-refractivity contribution in [3.63, 3.8) is 0 Å². The first-order valence-electron chi connectivity index (χ1n) is 5.56. The van der Waals surface area contributed by atoms with Crippen LogP contribution in [0, 0.1) is 6.92 Å². The third-order valence-electron chi connectivity index (χ3n) is 2.38. The van der Waals surface area contributed by atoms with Gasteiger partial charge >= 0.3 is 0 Å². The summed E-state index contributed by atoms with van der Waals surface area (Å²) in [5.74, 6) is 0. The Morgan fingerprint density at radius 3 is 2.84 bits per heavy atom. The van der Waals surface area contributed by atoms with Crippen molar-refractivity contribution in [3.05, 3.63) is 34.4 Å². The highest BCUT2D eigenvalue weighted by Gasteiger charge is 2.19. The van der Waals surface area contributed by atoms with Gasteiger partial charge in [-0.15, -0.1) is 11.3 Å². The van der Waals surface area contributed by atoms with Crippen molar-refractivity contribution in [3.8, 4) is 0 Å². The van der Waals surface area contributed by atoms with Crippen molar-refractivity contribution < 1.29 is 8.42 Å². The first-order chi connectivity index (χ1) is 9.03. The van der Waals surface area contributed by atoms with Crippen LogP contribution in [0.1, 0.15) is 10.7 Å². The molecule has 2 heterocycles. The number of nitrogens with one attached hydrogen (secondary N) is 2. The van der Waals surface area contributed by atoms with Gasteiger partial charge in [0, 0.05) is 24.3 Å². The first-order valence-corrected chi connectivity index (χ1v) is 7.92. The quantitative estimate of drug-likeness (QED) is 0.871. The van der Waals surface area contributed by atoms with Crippen molar-refractivity contribution in [2.24, 2.45) is 0 Å². The van der Waals surface area contributed by atoms with Crippen LogP contribution >= 0.6 is 11.3 Å². The lowest BCUT2D eigenvalue weighted by Crippen LogP contribution is -2.25. The Kier molecular flexibility index (Phi) is 4.13. The van der Waals surface area contributed by atoms with E-state index in [-0.39, 0.29) is 11.6 Å². The van der Waals surface area contributed by atoms with Crippen LogP contribution in [0.2, 0.25) is 0 Å². The highest BCUT2D eigenvalue weighted by atomic mass is 32.2. The maximum atomic E-state index is 12.2. The molecule has 0 amide bonds. The minimum Gasteiger partial charge on any atom is -0.386 e. The van der Waals surface area contributed by atoms with E-state index in [2.05, 4.69) is 20.0 Å². The molecular weight excluding hydrogens is 284 g/mol. The number of pyridine rings is 1. The van der Waals surface area contributed by atoms with Crippen LogP contribution in [0.4, 0.5) is 5.69 Å². The van der Waals surface area contributed by atoms with Gasteiger partial charge in [-0.3, -0.25) is 0 Å². The van der Waals surface area contributed by atoms with E-state index in [9.17, 15) is 8.42 Å². The van der Waals surface area contributed by atoms with E-state index in [1.165, 1.54) is 17.5 Å². The molecule has 0 atom stereocenters. The number of thiazole rings is 1. The molecule has 2 N–H and O–H groups in total. The van der Waals surface area contributed by atoms with Crippen LogP contribution in [0.15, 0.2) is 28.7 Å². The second-order valence-electron chi connectivity index (χ2n) is 3.81. The van der Waals surface area contributed by atoms with Gasteiger partial charge in [0.25, 0.3) is 10.0 Å². The van der Waals surface area contributed by atoms with E-state index in [1.807, 2.05) is 12.3 Å². The van der Waals surface area contributed by atoms with E-state index < -0.39 is 10.0 Å². The van der Waals surface area contributed by atoms with Gasteiger partial charge in [0.15, 0.2) is 5.03 Å². The molecule has 0 saturated carbocycles. The molecule has 0 aliphatic heterocycles. The lowest BCUT2D eigenvalue weighted by molar-refractivity contribution is 0.577. The summed E-state index contributed by atoms with van der Waals surface area (Å²) in [7, 11) is -2.00. The fraction of sp³-hybridized carbons (Fsp3) is 0.273. The minimum atomic E-state index is -3.65. The zero-order valence-corrected chi connectivity index (χ0v) is 12.2. The topological polar surface area (TPSA) is 84.0 Å². The van der Waals surface area contributed by atoms with Crippen LogP contribution < -0.4 is 10.0 Å². The molecule has 0 aliphatic rings. The molecule has 8 heteroatoms. The fourth-order valence-electron chi connectivity index (χ4n) is 1.50. The van der Waals surface area contributed by atoms with Crippen molar-refractivity contribution in [1.29, 1.82) is 0 Å². The lowest BCUT2D eigenvalue weighted by atomic mass is 10.4. The summed E-state index contributed by atoms with van der Waals surface area (Å²) in [5.41, 5.74) is 1.35. The first kappa shape index (κ1) is 13.9. The van der Waals surface area contributed by atoms with Gasteiger partial charge in [0.1, 0.15) is 5.01 Å². The van der Waals surface area contributed by atoms with Gasteiger partial charge < -0.3 is 5.32 Å². The smallest absolute Gasteiger partial charge is 0.260 e. The predicted molar refractivity (Wildman–Crippen MR) is 74.7 cm³/mol. The number of hydrogen-bond acceptors (Lipinski definition) is 6. The van der Waals surface area contributed by atoms with Gasteiger partial charge in [-0.1, -0.05) is 0 Å². The van der Waals surface area contributed by atoms with Gasteiger partial charge in [0.2, 0.25) is 0 Å². The molecule has 0 fully saturated rings. The number of aryl methyl sites for hydroxylation is 1. The number of anilines is 1. The highest BCUT2D eigenvalue weighted by Crippen LogP contribution is 2.17. The number of sulfonamides is 1. The average molecular weight is 298 g/mol. The molecule has 0 aliphatic carbocycles. The Bertz CT molecular complexity index is 667. The molecule has 0 aromatic carbocycles. The minimum absolute atomic E-state index is 0.00854.